The lowest BCUT2D eigenvalue weighted by molar-refractivity contribution is 0.599. The molecule has 0 saturated carbocycles. The highest BCUT2D eigenvalue weighted by Gasteiger charge is 2.19. The average molecular weight is 248 g/mol. The van der Waals surface area contributed by atoms with Crippen LogP contribution in [0.4, 0.5) is 0 Å². The van der Waals surface area contributed by atoms with E-state index in [0.29, 0.717) is 11.3 Å². The predicted octanol–water partition coefficient (Wildman–Crippen LogP) is 3.49. The van der Waals surface area contributed by atoms with Gasteiger partial charge in [-0.15, -0.1) is 12.3 Å². The zero-order valence-corrected chi connectivity index (χ0v) is 10.5. The molecule has 0 fully saturated rings. The standard InChI is InChI=1S/C14H16O2S/c1-3-5-7-10-13(4-2)17(15,16)14-11-8-6-9-12-14/h3,6,8-9,11-12H,1-2,5,7,10H2. The van der Waals surface area contributed by atoms with Gasteiger partial charge in [0.2, 0.25) is 9.84 Å². The van der Waals surface area contributed by atoms with Gasteiger partial charge >= 0.3 is 0 Å². The largest absolute Gasteiger partial charge is 0.218 e. The van der Waals surface area contributed by atoms with Gasteiger partial charge in [0, 0.05) is 0 Å². The average Bonchev–Trinajstić information content (AvgIpc) is 2.35. The van der Waals surface area contributed by atoms with Crippen LogP contribution in [-0.2, 0) is 9.84 Å². The Kier molecular flexibility index (Phi) is 4.95. The van der Waals surface area contributed by atoms with Crippen LogP contribution < -0.4 is 0 Å². The molecule has 1 aromatic rings. The molecule has 0 amide bonds. The van der Waals surface area contributed by atoms with Gasteiger partial charge in [-0.2, -0.15) is 0 Å². The SMILES string of the molecule is C=C=C(CCCC=C)S(=O)(=O)c1ccccc1. The monoisotopic (exact) mass is 248 g/mol. The molecule has 0 spiro atoms. The summed E-state index contributed by atoms with van der Waals surface area (Å²) in [5.74, 6) is 0. The van der Waals surface area contributed by atoms with Crippen LogP contribution in [0, 0.1) is 0 Å². The van der Waals surface area contributed by atoms with E-state index >= 15 is 0 Å². The summed E-state index contributed by atoms with van der Waals surface area (Å²) in [6, 6.07) is 8.36. The minimum Gasteiger partial charge on any atom is -0.218 e. The number of allylic oxidation sites excluding steroid dienone is 2. The summed E-state index contributed by atoms with van der Waals surface area (Å²) in [7, 11) is -3.42. The Balaban J connectivity index is 2.97. The summed E-state index contributed by atoms with van der Waals surface area (Å²) < 4.78 is 24.4. The van der Waals surface area contributed by atoms with Crippen molar-refractivity contribution < 1.29 is 8.42 Å². The van der Waals surface area contributed by atoms with Crippen molar-refractivity contribution in [2.45, 2.75) is 24.2 Å². The molecule has 0 aliphatic heterocycles. The van der Waals surface area contributed by atoms with Gasteiger partial charge in [-0.25, -0.2) is 8.42 Å². The molecule has 3 heteroatoms. The Labute approximate surface area is 103 Å². The number of hydrogen-bond donors (Lipinski definition) is 0. The summed E-state index contributed by atoms with van der Waals surface area (Å²) in [5, 5.41) is 0. The van der Waals surface area contributed by atoms with E-state index in [1.54, 1.807) is 36.4 Å². The number of hydrogen-bond acceptors (Lipinski definition) is 2. The fourth-order valence-electron chi connectivity index (χ4n) is 1.47. The molecule has 0 aliphatic rings. The van der Waals surface area contributed by atoms with Gasteiger partial charge in [0.15, 0.2) is 0 Å². The first-order valence-electron chi connectivity index (χ1n) is 5.43. The Morgan fingerprint density at radius 2 is 1.94 bits per heavy atom. The van der Waals surface area contributed by atoms with Gasteiger partial charge in [0.25, 0.3) is 0 Å². The lowest BCUT2D eigenvalue weighted by Gasteiger charge is -2.06. The molecule has 0 aromatic heterocycles. The Morgan fingerprint density at radius 1 is 1.29 bits per heavy atom. The van der Waals surface area contributed by atoms with Crippen molar-refractivity contribution in [2.75, 3.05) is 0 Å². The Bertz CT molecular complexity index is 521. The highest BCUT2D eigenvalue weighted by Crippen LogP contribution is 2.22. The van der Waals surface area contributed by atoms with Gasteiger partial charge in [-0.3, -0.25) is 0 Å². The first-order valence-corrected chi connectivity index (χ1v) is 6.91. The summed E-state index contributed by atoms with van der Waals surface area (Å²) in [6.07, 6.45) is 3.76. The number of unbranched alkanes of at least 4 members (excludes halogenated alkanes) is 1. The molecule has 0 aliphatic carbocycles. The zero-order valence-electron chi connectivity index (χ0n) is 9.72. The summed E-state index contributed by atoms with van der Waals surface area (Å²) in [4.78, 5) is 0.551. The van der Waals surface area contributed by atoms with Crippen LogP contribution in [0.3, 0.4) is 0 Å². The Hall–Kier alpha value is -1.57. The Morgan fingerprint density at radius 3 is 2.47 bits per heavy atom. The topological polar surface area (TPSA) is 34.1 Å². The van der Waals surface area contributed by atoms with E-state index in [0.717, 1.165) is 12.8 Å². The maximum absolute atomic E-state index is 12.2. The summed E-state index contributed by atoms with van der Waals surface area (Å²) >= 11 is 0. The van der Waals surface area contributed by atoms with E-state index < -0.39 is 9.84 Å². The van der Waals surface area contributed by atoms with Crippen molar-refractivity contribution >= 4 is 9.84 Å². The maximum Gasteiger partial charge on any atom is 0.209 e. The van der Waals surface area contributed by atoms with Crippen LogP contribution in [0.5, 0.6) is 0 Å². The highest BCUT2D eigenvalue weighted by atomic mass is 32.2. The highest BCUT2D eigenvalue weighted by molar-refractivity contribution is 7.95. The van der Waals surface area contributed by atoms with Crippen LogP contribution >= 0.6 is 0 Å². The van der Waals surface area contributed by atoms with Gasteiger partial charge < -0.3 is 0 Å². The fraction of sp³-hybridized carbons (Fsp3) is 0.214. The molecule has 0 atom stereocenters. The molecule has 1 rings (SSSR count). The number of sulfone groups is 1. The van der Waals surface area contributed by atoms with Crippen molar-refractivity contribution in [1.29, 1.82) is 0 Å². The van der Waals surface area contributed by atoms with E-state index in [2.05, 4.69) is 18.9 Å². The van der Waals surface area contributed by atoms with Crippen molar-refractivity contribution in [3.05, 3.63) is 60.2 Å². The molecule has 0 bridgehead atoms. The molecule has 1 aromatic carbocycles. The summed E-state index contributed by atoms with van der Waals surface area (Å²) in [5.41, 5.74) is 2.54. The van der Waals surface area contributed by atoms with E-state index in [1.165, 1.54) is 0 Å². The van der Waals surface area contributed by atoms with Crippen LogP contribution in [0.15, 0.2) is 65.1 Å². The van der Waals surface area contributed by atoms with Crippen molar-refractivity contribution in [1.82, 2.24) is 0 Å². The molecule has 90 valence electrons. The molecular formula is C14H16O2S. The minimum atomic E-state index is -3.42. The second-order valence-corrected chi connectivity index (χ2v) is 5.57. The van der Waals surface area contributed by atoms with E-state index in [1.807, 2.05) is 0 Å². The van der Waals surface area contributed by atoms with Crippen LogP contribution in [0.25, 0.3) is 0 Å². The van der Waals surface area contributed by atoms with Crippen molar-refractivity contribution in [3.8, 4) is 0 Å². The first kappa shape index (κ1) is 13.5. The fourth-order valence-corrected chi connectivity index (χ4v) is 2.87. The molecule has 0 heterocycles. The van der Waals surface area contributed by atoms with E-state index in [-0.39, 0.29) is 4.91 Å². The zero-order chi connectivity index (χ0) is 12.7. The van der Waals surface area contributed by atoms with Crippen molar-refractivity contribution in [3.63, 3.8) is 0 Å². The van der Waals surface area contributed by atoms with Crippen LogP contribution in [-0.4, -0.2) is 8.42 Å². The normalized spacial score (nSPS) is 10.6. The van der Waals surface area contributed by atoms with E-state index in [9.17, 15) is 8.42 Å². The molecule has 0 N–H and O–H groups in total. The molecular weight excluding hydrogens is 232 g/mol. The third kappa shape index (κ3) is 3.45. The van der Waals surface area contributed by atoms with Gasteiger partial charge in [0.1, 0.15) is 0 Å². The second kappa shape index (κ2) is 6.24. The van der Waals surface area contributed by atoms with Crippen LogP contribution in [0.1, 0.15) is 19.3 Å². The summed E-state index contributed by atoms with van der Waals surface area (Å²) in [6.45, 7) is 7.07. The smallest absolute Gasteiger partial charge is 0.209 e. The molecule has 2 nitrogen and oxygen atoms in total. The maximum atomic E-state index is 12.2. The van der Waals surface area contributed by atoms with Crippen molar-refractivity contribution in [2.24, 2.45) is 0 Å². The first-order chi connectivity index (χ1) is 8.12. The number of rotatable bonds is 6. The third-order valence-corrected chi connectivity index (χ3v) is 4.28. The lowest BCUT2D eigenvalue weighted by Crippen LogP contribution is -2.04. The molecule has 17 heavy (non-hydrogen) atoms. The quantitative estimate of drug-likeness (QED) is 0.439. The molecule has 0 saturated heterocycles. The van der Waals surface area contributed by atoms with Gasteiger partial charge in [0.05, 0.1) is 9.80 Å². The van der Waals surface area contributed by atoms with Crippen LogP contribution in [0.2, 0.25) is 0 Å². The van der Waals surface area contributed by atoms with Gasteiger partial charge in [-0.05, 0) is 31.4 Å². The predicted molar refractivity (Wildman–Crippen MR) is 70.3 cm³/mol. The molecule has 0 unspecified atom stereocenters. The van der Waals surface area contributed by atoms with Gasteiger partial charge in [-0.1, -0.05) is 30.9 Å². The third-order valence-electron chi connectivity index (χ3n) is 2.39. The minimum absolute atomic E-state index is 0.255. The second-order valence-electron chi connectivity index (χ2n) is 3.60. The lowest BCUT2D eigenvalue weighted by atomic mass is 10.2. The molecule has 0 radical (unpaired) electrons. The van der Waals surface area contributed by atoms with E-state index in [4.69, 9.17) is 0 Å². The number of benzene rings is 1.